The molecule has 0 bridgehead atoms. The van der Waals surface area contributed by atoms with E-state index in [1.807, 2.05) is 0 Å². The Morgan fingerprint density at radius 1 is 1.07 bits per heavy atom. The fraction of sp³-hybridized carbons (Fsp3) is 0.316. The van der Waals surface area contributed by atoms with E-state index in [0.717, 1.165) is 0 Å². The van der Waals surface area contributed by atoms with Crippen LogP contribution in [0.15, 0.2) is 47.4 Å². The van der Waals surface area contributed by atoms with Crippen molar-refractivity contribution in [3.05, 3.63) is 53.6 Å². The normalized spacial score (nSPS) is 12.0. The molecule has 0 radical (unpaired) electrons. The number of hydroxylamine groups is 1. The number of sulfonamides is 2. The molecule has 0 heterocycles. The van der Waals surface area contributed by atoms with Crippen LogP contribution in [-0.4, -0.2) is 47.1 Å². The summed E-state index contributed by atoms with van der Waals surface area (Å²) in [6.45, 7) is 3.44. The Morgan fingerprint density at radius 3 is 2.33 bits per heavy atom. The molecule has 2 rings (SSSR count). The van der Waals surface area contributed by atoms with Crippen molar-refractivity contribution in [2.24, 2.45) is 0 Å². The molecular weight excluding hydrogens is 430 g/mol. The van der Waals surface area contributed by atoms with Crippen molar-refractivity contribution < 1.29 is 26.5 Å². The second kappa shape index (κ2) is 9.56. The van der Waals surface area contributed by atoms with E-state index in [9.17, 15) is 21.6 Å². The third kappa shape index (κ3) is 5.57. The van der Waals surface area contributed by atoms with Gasteiger partial charge >= 0.3 is 0 Å². The Balaban J connectivity index is 2.29. The highest BCUT2D eigenvalue weighted by Crippen LogP contribution is 2.25. The highest BCUT2D eigenvalue weighted by molar-refractivity contribution is 7.92. The van der Waals surface area contributed by atoms with Gasteiger partial charge in [-0.1, -0.05) is 23.5 Å². The summed E-state index contributed by atoms with van der Waals surface area (Å²) in [7, 11) is -4.92. The van der Waals surface area contributed by atoms with Crippen molar-refractivity contribution in [2.45, 2.75) is 25.2 Å². The van der Waals surface area contributed by atoms with Gasteiger partial charge < -0.3 is 5.32 Å². The topological polar surface area (TPSA) is 122 Å². The van der Waals surface area contributed by atoms with Gasteiger partial charge in [-0.15, -0.1) is 0 Å². The van der Waals surface area contributed by atoms with E-state index >= 15 is 0 Å². The summed E-state index contributed by atoms with van der Waals surface area (Å²) < 4.78 is 52.1. The summed E-state index contributed by atoms with van der Waals surface area (Å²) in [5.74, 6) is -0.552. The fourth-order valence-corrected chi connectivity index (χ4v) is 4.82. The zero-order valence-corrected chi connectivity index (χ0v) is 18.8. The lowest BCUT2D eigenvalue weighted by atomic mass is 10.1. The Labute approximate surface area is 177 Å². The van der Waals surface area contributed by atoms with Crippen LogP contribution in [-0.2, 0) is 24.9 Å². The lowest BCUT2D eigenvalue weighted by molar-refractivity contribution is -0.0258. The molecule has 9 nitrogen and oxygen atoms in total. The minimum absolute atomic E-state index is 0.0137. The number of carbonyl (C=O) groups excluding carboxylic acids is 1. The zero-order chi connectivity index (χ0) is 22.5. The smallest absolute Gasteiger partial charge is 0.264 e. The largest absolute Gasteiger partial charge is 0.322 e. The molecule has 2 aromatic rings. The molecule has 30 heavy (non-hydrogen) atoms. The van der Waals surface area contributed by atoms with Crippen LogP contribution < -0.4 is 10.0 Å². The van der Waals surface area contributed by atoms with Gasteiger partial charge in [-0.05, 0) is 49.2 Å². The number of rotatable bonds is 9. The molecule has 0 fully saturated rings. The summed E-state index contributed by atoms with van der Waals surface area (Å²) in [6.07, 6.45) is 0.475. The van der Waals surface area contributed by atoms with Crippen LogP contribution in [0.2, 0.25) is 0 Å². The van der Waals surface area contributed by atoms with Gasteiger partial charge in [-0.25, -0.2) is 16.8 Å². The van der Waals surface area contributed by atoms with E-state index < -0.39 is 26.0 Å². The predicted octanol–water partition coefficient (Wildman–Crippen LogP) is 2.58. The number of nitrogens with zero attached hydrogens (tertiary/aromatic N) is 1. The minimum Gasteiger partial charge on any atom is -0.322 e. The fourth-order valence-electron chi connectivity index (χ4n) is 2.61. The van der Waals surface area contributed by atoms with E-state index in [-0.39, 0.29) is 16.2 Å². The first-order valence-corrected chi connectivity index (χ1v) is 12.2. The number of carbonyl (C=O) groups is 1. The molecule has 0 unspecified atom stereocenters. The maximum absolute atomic E-state index is 12.7. The van der Waals surface area contributed by atoms with Gasteiger partial charge in [0.15, 0.2) is 0 Å². The molecule has 0 aromatic heterocycles. The van der Waals surface area contributed by atoms with Gasteiger partial charge in [0.05, 0.1) is 23.4 Å². The number of hydrogen-bond acceptors (Lipinski definition) is 6. The molecule has 1 amide bonds. The van der Waals surface area contributed by atoms with Crippen molar-refractivity contribution in [1.82, 2.24) is 4.47 Å². The highest BCUT2D eigenvalue weighted by Gasteiger charge is 2.22. The number of benzene rings is 2. The van der Waals surface area contributed by atoms with Crippen LogP contribution in [0.5, 0.6) is 0 Å². The molecule has 2 aromatic carbocycles. The molecule has 0 aliphatic rings. The van der Waals surface area contributed by atoms with Gasteiger partial charge in [-0.2, -0.15) is 0 Å². The van der Waals surface area contributed by atoms with Crippen LogP contribution in [0, 0.1) is 6.92 Å². The molecule has 11 heteroatoms. The Kier molecular flexibility index (Phi) is 7.59. The number of amides is 1. The molecule has 164 valence electrons. The molecule has 0 atom stereocenters. The number of nitrogens with one attached hydrogen (secondary N) is 2. The van der Waals surface area contributed by atoms with Crippen LogP contribution in [0.4, 0.5) is 11.4 Å². The maximum atomic E-state index is 12.7. The minimum atomic E-state index is -3.90. The first kappa shape index (κ1) is 23.8. The SMILES string of the molecule is CCCS(=O)(=O)Nc1cccc(NC(=O)c2cccc(S(=O)(=O)N(C)OC)c2)c1C. The third-order valence-electron chi connectivity index (χ3n) is 4.31. The van der Waals surface area contributed by atoms with Gasteiger partial charge in [0.2, 0.25) is 10.0 Å². The van der Waals surface area contributed by atoms with Crippen LogP contribution in [0.3, 0.4) is 0 Å². The zero-order valence-electron chi connectivity index (χ0n) is 17.2. The quantitative estimate of drug-likeness (QED) is 0.561. The van der Waals surface area contributed by atoms with Crippen LogP contribution in [0.1, 0.15) is 29.3 Å². The number of anilines is 2. The molecule has 0 aliphatic heterocycles. The Bertz CT molecular complexity index is 1130. The monoisotopic (exact) mass is 455 g/mol. The van der Waals surface area contributed by atoms with Crippen LogP contribution in [0.25, 0.3) is 0 Å². The van der Waals surface area contributed by atoms with Crippen molar-refractivity contribution in [3.8, 4) is 0 Å². The van der Waals surface area contributed by atoms with Crippen molar-refractivity contribution in [3.63, 3.8) is 0 Å². The average Bonchev–Trinajstić information content (AvgIpc) is 2.70. The lowest BCUT2D eigenvalue weighted by Gasteiger charge is -2.16. The standard InChI is InChI=1S/C19H25N3O6S2/c1-5-12-29(24,25)21-18-11-7-10-17(14(18)2)20-19(23)15-8-6-9-16(13-15)30(26,27)22(3)28-4/h6-11,13,21H,5,12H2,1-4H3,(H,20,23). The molecule has 0 saturated carbocycles. The van der Waals surface area contributed by atoms with Gasteiger partial charge in [-0.3, -0.25) is 14.4 Å². The van der Waals surface area contributed by atoms with E-state index in [1.165, 1.54) is 38.4 Å². The van der Waals surface area contributed by atoms with E-state index in [1.54, 1.807) is 32.0 Å². The molecular formula is C19H25N3O6S2. The summed E-state index contributed by atoms with van der Waals surface area (Å²) in [6, 6.07) is 10.4. The molecule has 0 saturated heterocycles. The van der Waals surface area contributed by atoms with Gasteiger partial charge in [0.25, 0.3) is 15.9 Å². The first-order chi connectivity index (χ1) is 14.0. The van der Waals surface area contributed by atoms with E-state index in [2.05, 4.69) is 10.0 Å². The van der Waals surface area contributed by atoms with Gasteiger partial charge in [0, 0.05) is 18.3 Å². The lowest BCUT2D eigenvalue weighted by Crippen LogP contribution is -2.26. The van der Waals surface area contributed by atoms with E-state index in [4.69, 9.17) is 4.84 Å². The molecule has 2 N–H and O–H groups in total. The predicted molar refractivity (Wildman–Crippen MR) is 115 cm³/mol. The average molecular weight is 456 g/mol. The number of hydrogen-bond donors (Lipinski definition) is 2. The molecule has 0 spiro atoms. The Morgan fingerprint density at radius 2 is 1.70 bits per heavy atom. The van der Waals surface area contributed by atoms with Crippen molar-refractivity contribution in [1.29, 1.82) is 0 Å². The summed E-state index contributed by atoms with van der Waals surface area (Å²) in [5, 5.41) is 2.69. The highest BCUT2D eigenvalue weighted by atomic mass is 32.2. The van der Waals surface area contributed by atoms with Crippen molar-refractivity contribution >= 4 is 37.3 Å². The second-order valence-corrected chi connectivity index (χ2v) is 10.3. The second-order valence-electron chi connectivity index (χ2n) is 6.48. The third-order valence-corrected chi connectivity index (χ3v) is 7.46. The van der Waals surface area contributed by atoms with Crippen LogP contribution >= 0.6 is 0 Å². The summed E-state index contributed by atoms with van der Waals surface area (Å²) in [5.41, 5.74) is 1.42. The van der Waals surface area contributed by atoms with Crippen molar-refractivity contribution in [2.75, 3.05) is 29.9 Å². The van der Waals surface area contributed by atoms with E-state index in [0.29, 0.717) is 27.8 Å². The summed E-state index contributed by atoms with van der Waals surface area (Å²) >= 11 is 0. The van der Waals surface area contributed by atoms with Gasteiger partial charge in [0.1, 0.15) is 0 Å². The summed E-state index contributed by atoms with van der Waals surface area (Å²) in [4.78, 5) is 17.3. The maximum Gasteiger partial charge on any atom is 0.264 e. The first-order valence-electron chi connectivity index (χ1n) is 9.06. The Hall–Kier alpha value is -2.47. The molecule has 0 aliphatic carbocycles.